The Labute approximate surface area is 154 Å². The van der Waals surface area contributed by atoms with Crippen molar-refractivity contribution in [2.75, 3.05) is 13.1 Å². The van der Waals surface area contributed by atoms with Crippen molar-refractivity contribution in [2.45, 2.75) is 24.7 Å². The van der Waals surface area contributed by atoms with Crippen molar-refractivity contribution in [2.24, 2.45) is 5.73 Å². The van der Waals surface area contributed by atoms with Crippen molar-refractivity contribution in [3.63, 3.8) is 0 Å². The van der Waals surface area contributed by atoms with Crippen molar-refractivity contribution in [1.29, 1.82) is 0 Å². The Morgan fingerprint density at radius 2 is 1.46 bits per heavy atom. The predicted molar refractivity (Wildman–Crippen MR) is 102 cm³/mol. The van der Waals surface area contributed by atoms with Gasteiger partial charge in [-0.05, 0) is 48.6 Å². The Morgan fingerprint density at radius 3 is 2.00 bits per heavy atom. The Kier molecular flexibility index (Phi) is 5.25. The summed E-state index contributed by atoms with van der Waals surface area (Å²) in [4.78, 5) is 12.0. The fourth-order valence-corrected chi connectivity index (χ4v) is 4.72. The van der Waals surface area contributed by atoms with E-state index in [0.29, 0.717) is 24.2 Å². The van der Waals surface area contributed by atoms with Gasteiger partial charge in [0.05, 0.1) is 4.90 Å². The Morgan fingerprint density at radius 1 is 0.923 bits per heavy atom. The molecule has 1 heterocycles. The molecule has 0 aromatic heterocycles. The highest BCUT2D eigenvalue weighted by Crippen LogP contribution is 2.29. The molecule has 5 nitrogen and oxygen atoms in total. The lowest BCUT2D eigenvalue weighted by molar-refractivity contribution is -0.114. The summed E-state index contributed by atoms with van der Waals surface area (Å²) < 4.78 is 26.9. The number of hydrogen-bond donors (Lipinski definition) is 1. The van der Waals surface area contributed by atoms with Gasteiger partial charge in [-0.3, -0.25) is 4.79 Å². The third kappa shape index (κ3) is 3.57. The van der Waals surface area contributed by atoms with Crippen LogP contribution < -0.4 is 5.73 Å². The average Bonchev–Trinajstić information content (AvgIpc) is 3.19. The molecule has 1 aliphatic heterocycles. The third-order valence-electron chi connectivity index (χ3n) is 4.65. The van der Waals surface area contributed by atoms with Gasteiger partial charge in [0.15, 0.2) is 0 Å². The molecule has 3 rings (SSSR count). The highest BCUT2D eigenvalue weighted by Gasteiger charge is 2.27. The van der Waals surface area contributed by atoms with Gasteiger partial charge in [0.2, 0.25) is 15.9 Å². The first-order valence-electron chi connectivity index (χ1n) is 8.58. The van der Waals surface area contributed by atoms with E-state index in [1.807, 2.05) is 30.3 Å². The average molecular weight is 370 g/mol. The van der Waals surface area contributed by atoms with E-state index in [-0.39, 0.29) is 4.90 Å². The van der Waals surface area contributed by atoms with Crippen LogP contribution in [0.25, 0.3) is 5.57 Å². The number of nitrogens with two attached hydrogens (primary N) is 1. The molecular formula is C20H22N2O3S. The molecule has 1 fully saturated rings. The molecule has 0 spiro atoms. The zero-order chi connectivity index (χ0) is 18.7. The Hall–Kier alpha value is -2.44. The van der Waals surface area contributed by atoms with Crippen LogP contribution in [0.3, 0.4) is 0 Å². The number of carbonyl (C=O) groups excluding carboxylic acids is 1. The molecule has 0 atom stereocenters. The molecule has 6 heteroatoms. The van der Waals surface area contributed by atoms with E-state index in [2.05, 4.69) is 0 Å². The van der Waals surface area contributed by atoms with Gasteiger partial charge in [-0.1, -0.05) is 42.5 Å². The first kappa shape index (κ1) is 18.4. The predicted octanol–water partition coefficient (Wildman–Crippen LogP) is 2.78. The first-order chi connectivity index (χ1) is 12.4. The van der Waals surface area contributed by atoms with Crippen LogP contribution in [0, 0.1) is 0 Å². The summed E-state index contributed by atoms with van der Waals surface area (Å²) >= 11 is 0. The number of primary amides is 1. The maximum absolute atomic E-state index is 12.7. The lowest BCUT2D eigenvalue weighted by atomic mass is 9.93. The summed E-state index contributed by atoms with van der Waals surface area (Å²) in [7, 11) is -3.46. The fraction of sp³-hybridized carbons (Fsp3) is 0.250. The standard InChI is InChI=1S/C20H22N2O3S/c1-15(20(21)23)19(16-7-3-2-4-8-16)17-9-11-18(12-10-17)26(24,25)22-13-5-6-14-22/h2-4,7-12H,5-6,13-14H2,1H3,(H2,21,23). The normalized spacial score (nSPS) is 16.3. The van der Waals surface area contributed by atoms with Gasteiger partial charge < -0.3 is 5.73 Å². The summed E-state index contributed by atoms with van der Waals surface area (Å²) in [5.74, 6) is -0.502. The molecule has 1 aliphatic rings. The molecule has 2 aromatic carbocycles. The van der Waals surface area contributed by atoms with E-state index in [1.54, 1.807) is 31.2 Å². The van der Waals surface area contributed by atoms with Crippen LogP contribution in [-0.4, -0.2) is 31.7 Å². The van der Waals surface area contributed by atoms with Crippen LogP contribution >= 0.6 is 0 Å². The van der Waals surface area contributed by atoms with Crippen molar-refractivity contribution in [3.8, 4) is 0 Å². The summed E-state index contributed by atoms with van der Waals surface area (Å²) in [5, 5.41) is 0. The minimum absolute atomic E-state index is 0.271. The third-order valence-corrected chi connectivity index (χ3v) is 6.57. The van der Waals surface area contributed by atoms with E-state index in [4.69, 9.17) is 5.73 Å². The quantitative estimate of drug-likeness (QED) is 0.822. The SMILES string of the molecule is CC(C(N)=O)=C(c1ccccc1)c1ccc(S(=O)(=O)N2CCCC2)cc1. The summed E-state index contributed by atoms with van der Waals surface area (Å²) in [6.07, 6.45) is 1.80. The Balaban J connectivity index is 2.02. The van der Waals surface area contributed by atoms with Gasteiger partial charge in [-0.25, -0.2) is 8.42 Å². The molecule has 0 aliphatic carbocycles. The zero-order valence-electron chi connectivity index (χ0n) is 14.7. The van der Waals surface area contributed by atoms with Crippen molar-refractivity contribution < 1.29 is 13.2 Å². The van der Waals surface area contributed by atoms with E-state index in [1.165, 1.54) is 4.31 Å². The molecule has 2 N–H and O–H groups in total. The number of amides is 1. The maximum Gasteiger partial charge on any atom is 0.244 e. The number of benzene rings is 2. The molecule has 26 heavy (non-hydrogen) atoms. The number of carbonyl (C=O) groups is 1. The number of sulfonamides is 1. The largest absolute Gasteiger partial charge is 0.366 e. The van der Waals surface area contributed by atoms with E-state index in [0.717, 1.165) is 24.0 Å². The van der Waals surface area contributed by atoms with E-state index < -0.39 is 15.9 Å². The molecular weight excluding hydrogens is 348 g/mol. The molecule has 1 amide bonds. The van der Waals surface area contributed by atoms with Crippen LogP contribution in [-0.2, 0) is 14.8 Å². The van der Waals surface area contributed by atoms with Gasteiger partial charge in [0, 0.05) is 18.7 Å². The second-order valence-corrected chi connectivity index (χ2v) is 8.30. The fourth-order valence-electron chi connectivity index (χ4n) is 3.20. The van der Waals surface area contributed by atoms with Crippen LogP contribution in [0.2, 0.25) is 0 Å². The van der Waals surface area contributed by atoms with E-state index in [9.17, 15) is 13.2 Å². The number of rotatable bonds is 5. The van der Waals surface area contributed by atoms with Gasteiger partial charge >= 0.3 is 0 Å². The lowest BCUT2D eigenvalue weighted by Gasteiger charge is -2.16. The van der Waals surface area contributed by atoms with E-state index >= 15 is 0 Å². The molecule has 2 aromatic rings. The van der Waals surface area contributed by atoms with Gasteiger partial charge in [0.25, 0.3) is 0 Å². The van der Waals surface area contributed by atoms with Crippen molar-refractivity contribution in [1.82, 2.24) is 4.31 Å². The van der Waals surface area contributed by atoms with Crippen LogP contribution in [0.5, 0.6) is 0 Å². The first-order valence-corrected chi connectivity index (χ1v) is 10.0. The minimum Gasteiger partial charge on any atom is -0.366 e. The van der Waals surface area contributed by atoms with Gasteiger partial charge in [0.1, 0.15) is 0 Å². The molecule has 0 saturated carbocycles. The highest BCUT2D eigenvalue weighted by atomic mass is 32.2. The number of hydrogen-bond acceptors (Lipinski definition) is 3. The monoisotopic (exact) mass is 370 g/mol. The molecule has 0 bridgehead atoms. The van der Waals surface area contributed by atoms with Crippen molar-refractivity contribution >= 4 is 21.5 Å². The van der Waals surface area contributed by atoms with Crippen molar-refractivity contribution in [3.05, 3.63) is 71.3 Å². The van der Waals surface area contributed by atoms with Crippen LogP contribution in [0.4, 0.5) is 0 Å². The summed E-state index contributed by atoms with van der Waals surface area (Å²) in [6.45, 7) is 2.82. The maximum atomic E-state index is 12.7. The smallest absolute Gasteiger partial charge is 0.244 e. The van der Waals surface area contributed by atoms with Crippen LogP contribution in [0.15, 0.2) is 65.1 Å². The number of nitrogens with zero attached hydrogens (tertiary/aromatic N) is 1. The molecule has 136 valence electrons. The second kappa shape index (κ2) is 7.43. The lowest BCUT2D eigenvalue weighted by Crippen LogP contribution is -2.27. The molecule has 0 unspecified atom stereocenters. The van der Waals surface area contributed by atoms with Gasteiger partial charge in [-0.15, -0.1) is 0 Å². The van der Waals surface area contributed by atoms with Crippen LogP contribution in [0.1, 0.15) is 30.9 Å². The summed E-state index contributed by atoms with van der Waals surface area (Å²) in [6, 6.07) is 16.1. The van der Waals surface area contributed by atoms with Gasteiger partial charge in [-0.2, -0.15) is 4.31 Å². The second-order valence-electron chi connectivity index (χ2n) is 6.37. The zero-order valence-corrected chi connectivity index (χ0v) is 15.5. The Bertz CT molecular complexity index is 927. The summed E-state index contributed by atoms with van der Waals surface area (Å²) in [5.41, 5.74) is 8.26. The molecule has 1 saturated heterocycles. The highest BCUT2D eigenvalue weighted by molar-refractivity contribution is 7.89. The molecule has 0 radical (unpaired) electrons. The topological polar surface area (TPSA) is 80.5 Å². The minimum atomic E-state index is -3.46.